The van der Waals surface area contributed by atoms with Crippen LogP contribution in [0.5, 0.6) is 0 Å². The molecule has 1 atom stereocenters. The van der Waals surface area contributed by atoms with Crippen LogP contribution in [0.2, 0.25) is 0 Å². The van der Waals surface area contributed by atoms with Crippen molar-refractivity contribution in [3.8, 4) is 0 Å². The second-order valence-corrected chi connectivity index (χ2v) is 8.47. The van der Waals surface area contributed by atoms with E-state index in [2.05, 4.69) is 18.8 Å². The van der Waals surface area contributed by atoms with Gasteiger partial charge in [0, 0.05) is 6.92 Å². The van der Waals surface area contributed by atoms with E-state index in [9.17, 15) is 19.7 Å². The highest BCUT2D eigenvalue weighted by Gasteiger charge is 2.20. The normalized spacial score (nSPS) is 11.3. The Bertz CT molecular complexity index is 1120. The standard InChI is InChI=1S/C19H25N3O4.C7H6O2/c1-13(2)11-16-5-7-17(8-6-16)14(3)19(23)26-10-9-21-15(4)20-12-18(21)22(24)25;8-7(9)6-4-2-1-3-5-6/h5-8,12-14H,9-11H2,1-4H3;1-5H,(H,8,9)/t14-;/m0./s1. The molecular weight excluding hydrogens is 450 g/mol. The number of esters is 1. The third kappa shape index (κ3) is 8.37. The van der Waals surface area contributed by atoms with Gasteiger partial charge >= 0.3 is 17.8 Å². The maximum atomic E-state index is 12.3. The SMILES string of the molecule is Cc1ncc([N+](=O)[O-])n1CCOC(=O)[C@@H](C)c1ccc(CC(C)C)cc1.O=C(O)c1ccccc1. The van der Waals surface area contributed by atoms with Crippen molar-refractivity contribution < 1.29 is 24.4 Å². The number of ether oxygens (including phenoxy) is 1. The number of hydrogen-bond donors (Lipinski definition) is 1. The van der Waals surface area contributed by atoms with E-state index in [1.807, 2.05) is 24.3 Å². The zero-order valence-electron chi connectivity index (χ0n) is 20.4. The molecule has 0 radical (unpaired) electrons. The fourth-order valence-electron chi connectivity index (χ4n) is 3.37. The lowest BCUT2D eigenvalue weighted by atomic mass is 9.97. The van der Waals surface area contributed by atoms with E-state index >= 15 is 0 Å². The molecule has 0 aliphatic carbocycles. The van der Waals surface area contributed by atoms with Crippen LogP contribution in [-0.4, -0.2) is 38.1 Å². The molecule has 0 amide bonds. The van der Waals surface area contributed by atoms with Gasteiger partial charge in [0.1, 0.15) is 19.3 Å². The largest absolute Gasteiger partial charge is 0.478 e. The highest BCUT2D eigenvalue weighted by molar-refractivity contribution is 5.87. The minimum atomic E-state index is -0.879. The maximum Gasteiger partial charge on any atom is 0.342 e. The van der Waals surface area contributed by atoms with Gasteiger partial charge in [-0.15, -0.1) is 0 Å². The van der Waals surface area contributed by atoms with Crippen LogP contribution >= 0.6 is 0 Å². The summed E-state index contributed by atoms with van der Waals surface area (Å²) in [4.78, 5) is 36.8. The number of carboxylic acid groups (broad SMARTS) is 1. The number of aromatic nitrogens is 2. The molecule has 1 N–H and O–H groups in total. The molecule has 0 unspecified atom stereocenters. The van der Waals surface area contributed by atoms with Crippen LogP contribution in [0.25, 0.3) is 0 Å². The molecular formula is C26H31N3O6. The number of nitro groups is 1. The molecule has 9 heteroatoms. The molecule has 0 aliphatic heterocycles. The average molecular weight is 482 g/mol. The summed E-state index contributed by atoms with van der Waals surface area (Å²) < 4.78 is 6.74. The molecule has 0 aliphatic rings. The maximum absolute atomic E-state index is 12.3. The number of carbonyl (C=O) groups is 2. The topological polar surface area (TPSA) is 125 Å². The second-order valence-electron chi connectivity index (χ2n) is 8.47. The molecule has 9 nitrogen and oxygen atoms in total. The molecule has 0 fully saturated rings. The summed E-state index contributed by atoms with van der Waals surface area (Å²) in [6.45, 7) is 8.07. The van der Waals surface area contributed by atoms with Crippen molar-refractivity contribution >= 4 is 17.8 Å². The first kappa shape index (κ1) is 27.2. The number of aromatic carboxylic acids is 1. The number of aryl methyl sites for hydroxylation is 1. The van der Waals surface area contributed by atoms with E-state index in [0.29, 0.717) is 17.3 Å². The molecule has 0 saturated heterocycles. The molecule has 35 heavy (non-hydrogen) atoms. The Hall–Kier alpha value is -4.01. The summed E-state index contributed by atoms with van der Waals surface area (Å²) in [5.74, 6) is -0.618. The van der Waals surface area contributed by atoms with Gasteiger partial charge in [-0.05, 0) is 47.4 Å². The first-order valence-electron chi connectivity index (χ1n) is 11.3. The predicted molar refractivity (Wildman–Crippen MR) is 131 cm³/mol. The minimum Gasteiger partial charge on any atom is -0.478 e. The van der Waals surface area contributed by atoms with Gasteiger partial charge in [-0.25, -0.2) is 14.3 Å². The molecule has 1 aromatic heterocycles. The van der Waals surface area contributed by atoms with Crippen LogP contribution in [0.4, 0.5) is 5.82 Å². The van der Waals surface area contributed by atoms with Gasteiger partial charge in [0.2, 0.25) is 0 Å². The Labute approximate surface area is 204 Å². The van der Waals surface area contributed by atoms with Crippen LogP contribution in [0.15, 0.2) is 60.8 Å². The summed E-state index contributed by atoms with van der Waals surface area (Å²) in [6, 6.07) is 16.3. The molecule has 0 saturated carbocycles. The molecule has 0 spiro atoms. The van der Waals surface area contributed by atoms with Crippen LogP contribution in [0.1, 0.15) is 54.0 Å². The number of carbonyl (C=O) groups excluding carboxylic acids is 1. The quantitative estimate of drug-likeness (QED) is 0.258. The fraction of sp³-hybridized carbons (Fsp3) is 0.346. The van der Waals surface area contributed by atoms with Crippen LogP contribution in [-0.2, 0) is 22.5 Å². The zero-order valence-corrected chi connectivity index (χ0v) is 20.4. The number of benzene rings is 2. The van der Waals surface area contributed by atoms with Crippen molar-refractivity contribution in [3.05, 3.63) is 93.4 Å². The van der Waals surface area contributed by atoms with Crippen LogP contribution < -0.4 is 0 Å². The van der Waals surface area contributed by atoms with E-state index in [0.717, 1.165) is 12.0 Å². The van der Waals surface area contributed by atoms with Gasteiger partial charge in [0.05, 0.1) is 11.5 Å². The molecule has 3 rings (SSSR count). The molecule has 3 aromatic rings. The summed E-state index contributed by atoms with van der Waals surface area (Å²) in [6.07, 6.45) is 2.21. The Morgan fingerprint density at radius 1 is 1.09 bits per heavy atom. The van der Waals surface area contributed by atoms with E-state index in [-0.39, 0.29) is 30.9 Å². The van der Waals surface area contributed by atoms with E-state index in [4.69, 9.17) is 9.84 Å². The highest BCUT2D eigenvalue weighted by Crippen LogP contribution is 2.19. The van der Waals surface area contributed by atoms with E-state index < -0.39 is 10.9 Å². The number of carboxylic acids is 1. The second kappa shape index (κ2) is 13.0. The number of imidazole rings is 1. The van der Waals surface area contributed by atoms with Crippen molar-refractivity contribution in [2.45, 2.75) is 46.6 Å². The van der Waals surface area contributed by atoms with Crippen LogP contribution in [0, 0.1) is 23.0 Å². The van der Waals surface area contributed by atoms with Gasteiger partial charge in [-0.3, -0.25) is 4.79 Å². The Kier molecular flexibility index (Phi) is 10.1. The highest BCUT2D eigenvalue weighted by atomic mass is 16.6. The third-order valence-electron chi connectivity index (χ3n) is 5.28. The lowest BCUT2D eigenvalue weighted by molar-refractivity contribution is -0.392. The molecule has 186 valence electrons. The molecule has 1 heterocycles. The number of nitrogens with zero attached hydrogens (tertiary/aromatic N) is 3. The number of hydrogen-bond acceptors (Lipinski definition) is 6. The third-order valence-corrected chi connectivity index (χ3v) is 5.28. The zero-order chi connectivity index (χ0) is 26.0. The van der Waals surface area contributed by atoms with E-state index in [1.165, 1.54) is 16.3 Å². The predicted octanol–water partition coefficient (Wildman–Crippen LogP) is 5.03. The first-order valence-corrected chi connectivity index (χ1v) is 11.3. The summed E-state index contributed by atoms with van der Waals surface area (Å²) in [7, 11) is 0. The summed E-state index contributed by atoms with van der Waals surface area (Å²) >= 11 is 0. The van der Waals surface area contributed by atoms with Gasteiger partial charge in [-0.1, -0.05) is 56.3 Å². The first-order chi connectivity index (χ1) is 16.6. The van der Waals surface area contributed by atoms with Gasteiger partial charge in [0.25, 0.3) is 0 Å². The van der Waals surface area contributed by atoms with Crippen molar-refractivity contribution in [3.63, 3.8) is 0 Å². The Morgan fingerprint density at radius 2 is 1.71 bits per heavy atom. The Morgan fingerprint density at radius 3 is 2.23 bits per heavy atom. The van der Waals surface area contributed by atoms with Crippen molar-refractivity contribution in [1.82, 2.24) is 9.55 Å². The fourth-order valence-corrected chi connectivity index (χ4v) is 3.37. The minimum absolute atomic E-state index is 0.0621. The number of rotatable bonds is 9. The molecule has 0 bridgehead atoms. The van der Waals surface area contributed by atoms with Crippen molar-refractivity contribution in [2.75, 3.05) is 6.61 Å². The average Bonchev–Trinajstić information content (AvgIpc) is 3.20. The van der Waals surface area contributed by atoms with E-state index in [1.54, 1.807) is 44.2 Å². The molecule has 2 aromatic carbocycles. The van der Waals surface area contributed by atoms with Crippen molar-refractivity contribution in [2.24, 2.45) is 5.92 Å². The summed E-state index contributed by atoms with van der Waals surface area (Å²) in [5.41, 5.74) is 2.47. The Balaban J connectivity index is 0.000000402. The summed E-state index contributed by atoms with van der Waals surface area (Å²) in [5, 5.41) is 19.3. The monoisotopic (exact) mass is 481 g/mol. The van der Waals surface area contributed by atoms with Gasteiger partial charge < -0.3 is 20.0 Å². The van der Waals surface area contributed by atoms with Crippen molar-refractivity contribution in [1.29, 1.82) is 0 Å². The lowest BCUT2D eigenvalue weighted by Gasteiger charge is -2.13. The van der Waals surface area contributed by atoms with Gasteiger partial charge in [-0.2, -0.15) is 0 Å². The van der Waals surface area contributed by atoms with Gasteiger partial charge in [0.15, 0.2) is 5.82 Å². The lowest BCUT2D eigenvalue weighted by Crippen LogP contribution is -2.17. The smallest absolute Gasteiger partial charge is 0.342 e. The van der Waals surface area contributed by atoms with Crippen LogP contribution in [0.3, 0.4) is 0 Å².